The minimum absolute atomic E-state index is 0.256. The second-order valence-electron chi connectivity index (χ2n) is 6.45. The highest BCUT2D eigenvalue weighted by molar-refractivity contribution is 5.79. The van der Waals surface area contributed by atoms with Crippen molar-refractivity contribution in [3.63, 3.8) is 0 Å². The van der Waals surface area contributed by atoms with Crippen LogP contribution in [0.5, 0.6) is 0 Å². The Hall–Kier alpha value is -0.570. The normalized spacial score (nSPS) is 33.1. The molecule has 3 atom stereocenters. The van der Waals surface area contributed by atoms with Crippen molar-refractivity contribution in [1.29, 1.82) is 0 Å². The maximum Gasteiger partial charge on any atom is 0.225 e. The van der Waals surface area contributed by atoms with E-state index in [9.17, 15) is 4.79 Å². The predicted molar refractivity (Wildman–Crippen MR) is 74.1 cm³/mol. The number of carbonyl (C=O) groups excluding carboxylic acids is 1. The van der Waals surface area contributed by atoms with Gasteiger partial charge in [0.15, 0.2) is 0 Å². The third-order valence-corrected chi connectivity index (χ3v) is 4.82. The second-order valence-corrected chi connectivity index (χ2v) is 6.45. The Bertz CT molecular complexity index is 290. The molecule has 3 unspecified atom stereocenters. The first-order valence-corrected chi connectivity index (χ1v) is 7.64. The molecule has 104 valence electrons. The molecule has 18 heavy (non-hydrogen) atoms. The number of carbonyl (C=O) groups is 1. The number of hydrogen-bond donors (Lipinski definition) is 1. The molecule has 1 aliphatic carbocycles. The van der Waals surface area contributed by atoms with Crippen LogP contribution in [0.2, 0.25) is 0 Å². The zero-order chi connectivity index (χ0) is 13.1. The van der Waals surface area contributed by atoms with Crippen LogP contribution in [0.15, 0.2) is 0 Å². The number of nitrogens with two attached hydrogens (primary N) is 1. The van der Waals surface area contributed by atoms with Gasteiger partial charge in [0.2, 0.25) is 5.91 Å². The highest BCUT2D eigenvalue weighted by Crippen LogP contribution is 2.33. The maximum absolute atomic E-state index is 12.7. The van der Waals surface area contributed by atoms with Crippen LogP contribution in [0.1, 0.15) is 52.4 Å². The van der Waals surface area contributed by atoms with Crippen molar-refractivity contribution in [2.45, 2.75) is 58.4 Å². The van der Waals surface area contributed by atoms with E-state index in [4.69, 9.17) is 5.73 Å². The van der Waals surface area contributed by atoms with Crippen molar-refractivity contribution in [3.05, 3.63) is 0 Å². The van der Waals surface area contributed by atoms with Gasteiger partial charge in [0, 0.05) is 18.5 Å². The van der Waals surface area contributed by atoms with Gasteiger partial charge in [-0.25, -0.2) is 0 Å². The lowest BCUT2D eigenvalue weighted by Crippen LogP contribution is -2.43. The van der Waals surface area contributed by atoms with Crippen LogP contribution in [0.25, 0.3) is 0 Å². The van der Waals surface area contributed by atoms with E-state index < -0.39 is 0 Å². The van der Waals surface area contributed by atoms with Gasteiger partial charge in [-0.15, -0.1) is 0 Å². The summed E-state index contributed by atoms with van der Waals surface area (Å²) in [6.45, 7) is 6.20. The Morgan fingerprint density at radius 1 is 1.28 bits per heavy atom. The van der Waals surface area contributed by atoms with E-state index >= 15 is 0 Å². The molecule has 0 radical (unpaired) electrons. The summed E-state index contributed by atoms with van der Waals surface area (Å²) in [5, 5.41) is 0. The van der Waals surface area contributed by atoms with Gasteiger partial charge in [0.05, 0.1) is 0 Å². The lowest BCUT2D eigenvalue weighted by molar-refractivity contribution is -0.138. The van der Waals surface area contributed by atoms with Crippen molar-refractivity contribution < 1.29 is 4.79 Å². The van der Waals surface area contributed by atoms with Crippen LogP contribution in [-0.2, 0) is 4.79 Å². The molecule has 0 aromatic rings. The first-order chi connectivity index (χ1) is 8.63. The Morgan fingerprint density at radius 2 is 2.06 bits per heavy atom. The van der Waals surface area contributed by atoms with E-state index in [-0.39, 0.29) is 5.92 Å². The average Bonchev–Trinajstić information content (AvgIpc) is 2.87. The van der Waals surface area contributed by atoms with Crippen molar-refractivity contribution in [1.82, 2.24) is 4.90 Å². The first-order valence-electron chi connectivity index (χ1n) is 7.64. The molecule has 2 aliphatic rings. The maximum atomic E-state index is 12.7. The number of likely N-dealkylation sites (tertiary alicyclic amines) is 1. The molecule has 0 spiro atoms. The fourth-order valence-electron chi connectivity index (χ4n) is 3.72. The van der Waals surface area contributed by atoms with Crippen LogP contribution in [-0.4, -0.2) is 29.9 Å². The molecule has 2 N–H and O–H groups in total. The molecule has 1 amide bonds. The summed E-state index contributed by atoms with van der Waals surface area (Å²) in [4.78, 5) is 14.8. The summed E-state index contributed by atoms with van der Waals surface area (Å²) in [6.07, 6.45) is 6.87. The predicted octanol–water partition coefficient (Wildman–Crippen LogP) is 2.40. The number of nitrogens with zero attached hydrogens (tertiary/aromatic N) is 1. The SMILES string of the molecule is CC(C)C1CCCN1C(=O)C1CCCC(CN)C1. The van der Waals surface area contributed by atoms with E-state index in [1.165, 1.54) is 25.7 Å². The summed E-state index contributed by atoms with van der Waals surface area (Å²) in [7, 11) is 0. The van der Waals surface area contributed by atoms with Crippen LogP contribution < -0.4 is 5.73 Å². The lowest BCUT2D eigenvalue weighted by atomic mass is 9.80. The van der Waals surface area contributed by atoms with Crippen molar-refractivity contribution in [3.8, 4) is 0 Å². The van der Waals surface area contributed by atoms with Crippen LogP contribution in [0.4, 0.5) is 0 Å². The minimum atomic E-state index is 0.256. The van der Waals surface area contributed by atoms with Gasteiger partial charge in [-0.1, -0.05) is 20.3 Å². The van der Waals surface area contributed by atoms with Crippen molar-refractivity contribution >= 4 is 5.91 Å². The molecule has 0 aromatic carbocycles. The monoisotopic (exact) mass is 252 g/mol. The van der Waals surface area contributed by atoms with Crippen LogP contribution in [0.3, 0.4) is 0 Å². The minimum Gasteiger partial charge on any atom is -0.339 e. The molecule has 2 fully saturated rings. The van der Waals surface area contributed by atoms with Gasteiger partial charge in [0.1, 0.15) is 0 Å². The van der Waals surface area contributed by atoms with Gasteiger partial charge in [-0.05, 0) is 50.5 Å². The summed E-state index contributed by atoms with van der Waals surface area (Å²) >= 11 is 0. The Morgan fingerprint density at radius 3 is 2.72 bits per heavy atom. The van der Waals surface area contributed by atoms with Crippen LogP contribution in [0, 0.1) is 17.8 Å². The fourth-order valence-corrected chi connectivity index (χ4v) is 3.72. The third kappa shape index (κ3) is 2.87. The molecule has 1 saturated carbocycles. The third-order valence-electron chi connectivity index (χ3n) is 4.82. The Labute approximate surface area is 111 Å². The van der Waals surface area contributed by atoms with E-state index in [1.807, 2.05) is 0 Å². The van der Waals surface area contributed by atoms with Crippen molar-refractivity contribution in [2.24, 2.45) is 23.5 Å². The lowest BCUT2D eigenvalue weighted by Gasteiger charge is -2.34. The average molecular weight is 252 g/mol. The smallest absolute Gasteiger partial charge is 0.225 e. The molecule has 3 nitrogen and oxygen atoms in total. The number of hydrogen-bond acceptors (Lipinski definition) is 2. The quantitative estimate of drug-likeness (QED) is 0.838. The van der Waals surface area contributed by atoms with Crippen LogP contribution >= 0.6 is 0 Å². The Balaban J connectivity index is 1.97. The van der Waals surface area contributed by atoms with E-state index in [2.05, 4.69) is 18.7 Å². The van der Waals surface area contributed by atoms with E-state index in [0.717, 1.165) is 25.9 Å². The molecule has 2 rings (SSSR count). The largest absolute Gasteiger partial charge is 0.339 e. The summed E-state index contributed by atoms with van der Waals surface area (Å²) in [6, 6.07) is 0.482. The standard InChI is InChI=1S/C15H28N2O/c1-11(2)14-7-4-8-17(14)15(18)13-6-3-5-12(9-13)10-16/h11-14H,3-10,16H2,1-2H3. The molecule has 1 saturated heterocycles. The van der Waals surface area contributed by atoms with E-state index in [1.54, 1.807) is 0 Å². The van der Waals surface area contributed by atoms with Gasteiger partial charge in [0.25, 0.3) is 0 Å². The molecule has 1 aliphatic heterocycles. The summed E-state index contributed by atoms with van der Waals surface area (Å²) < 4.78 is 0. The zero-order valence-electron chi connectivity index (χ0n) is 11.9. The van der Waals surface area contributed by atoms with Crippen molar-refractivity contribution in [2.75, 3.05) is 13.1 Å². The second kappa shape index (κ2) is 6.05. The molecule has 1 heterocycles. The summed E-state index contributed by atoms with van der Waals surface area (Å²) in [5.74, 6) is 1.84. The van der Waals surface area contributed by atoms with Gasteiger partial charge >= 0.3 is 0 Å². The highest BCUT2D eigenvalue weighted by atomic mass is 16.2. The van der Waals surface area contributed by atoms with Gasteiger partial charge in [-0.2, -0.15) is 0 Å². The molecule has 0 bridgehead atoms. The topological polar surface area (TPSA) is 46.3 Å². The van der Waals surface area contributed by atoms with Gasteiger partial charge < -0.3 is 10.6 Å². The van der Waals surface area contributed by atoms with Gasteiger partial charge in [-0.3, -0.25) is 4.79 Å². The molecular weight excluding hydrogens is 224 g/mol. The first kappa shape index (κ1) is 13.9. The fraction of sp³-hybridized carbons (Fsp3) is 0.933. The number of rotatable bonds is 3. The zero-order valence-corrected chi connectivity index (χ0v) is 11.9. The molecule has 3 heteroatoms. The molecule has 0 aromatic heterocycles. The molecular formula is C15H28N2O. The summed E-state index contributed by atoms with van der Waals surface area (Å²) in [5.41, 5.74) is 5.77. The van der Waals surface area contributed by atoms with E-state index in [0.29, 0.717) is 23.8 Å². The Kier molecular flexibility index (Phi) is 4.66. The number of amides is 1. The highest BCUT2D eigenvalue weighted by Gasteiger charge is 2.36.